The molecule has 2 aromatic heterocycles. The molecule has 1 aliphatic heterocycles. The van der Waals surface area contributed by atoms with Gasteiger partial charge in [0, 0.05) is 25.0 Å². The van der Waals surface area contributed by atoms with E-state index in [1.54, 1.807) is 12.4 Å². The van der Waals surface area contributed by atoms with Crippen LogP contribution >= 0.6 is 11.6 Å². The van der Waals surface area contributed by atoms with Crippen LogP contribution in [0.5, 0.6) is 0 Å². The van der Waals surface area contributed by atoms with Crippen LogP contribution in [0.25, 0.3) is 11.0 Å². The van der Waals surface area contributed by atoms with E-state index in [-0.39, 0.29) is 11.7 Å². The van der Waals surface area contributed by atoms with Crippen LogP contribution in [0.15, 0.2) is 18.5 Å². The van der Waals surface area contributed by atoms with Crippen LogP contribution < -0.4 is 0 Å². The minimum Gasteiger partial charge on any atom is -0.328 e. The standard InChI is InChI=1S/C13H16ClN3O2S/c14-4-1-13-16-11-7-15-5-2-12(11)17(13)8-10-3-6-20(18,19)9-10/h2,5,7,10H,1,3-4,6,8-9H2. The predicted molar refractivity (Wildman–Crippen MR) is 78.7 cm³/mol. The molecular weight excluding hydrogens is 298 g/mol. The fourth-order valence-corrected chi connectivity index (χ4v) is 4.80. The summed E-state index contributed by atoms with van der Waals surface area (Å²) in [6, 6.07) is 1.92. The molecule has 1 fully saturated rings. The number of hydrogen-bond donors (Lipinski definition) is 0. The lowest BCUT2D eigenvalue weighted by Gasteiger charge is -2.12. The van der Waals surface area contributed by atoms with Crippen molar-refractivity contribution in [2.45, 2.75) is 19.4 Å². The third-order valence-electron chi connectivity index (χ3n) is 3.72. The first-order chi connectivity index (χ1) is 9.59. The molecule has 3 heterocycles. The summed E-state index contributed by atoms with van der Waals surface area (Å²) in [7, 11) is -2.85. The summed E-state index contributed by atoms with van der Waals surface area (Å²) in [6.45, 7) is 0.686. The molecule has 0 bridgehead atoms. The zero-order chi connectivity index (χ0) is 14.2. The monoisotopic (exact) mass is 313 g/mol. The lowest BCUT2D eigenvalue weighted by molar-refractivity contribution is 0.488. The van der Waals surface area contributed by atoms with E-state index < -0.39 is 9.84 Å². The molecule has 0 saturated carbocycles. The number of nitrogens with zero attached hydrogens (tertiary/aromatic N) is 3. The molecule has 0 spiro atoms. The molecular formula is C13H16ClN3O2S. The summed E-state index contributed by atoms with van der Waals surface area (Å²) in [5.74, 6) is 2.15. The normalized spacial score (nSPS) is 21.6. The Balaban J connectivity index is 1.95. The van der Waals surface area contributed by atoms with Gasteiger partial charge in [-0.05, 0) is 18.4 Å². The molecule has 0 amide bonds. The van der Waals surface area contributed by atoms with Crippen molar-refractivity contribution < 1.29 is 8.42 Å². The lowest BCUT2D eigenvalue weighted by atomic mass is 10.1. The highest BCUT2D eigenvalue weighted by atomic mass is 35.5. The minimum absolute atomic E-state index is 0.166. The Morgan fingerprint density at radius 3 is 3.00 bits per heavy atom. The van der Waals surface area contributed by atoms with Crippen molar-refractivity contribution >= 4 is 32.5 Å². The van der Waals surface area contributed by atoms with Gasteiger partial charge >= 0.3 is 0 Å². The Morgan fingerprint density at radius 1 is 1.45 bits per heavy atom. The summed E-state index contributed by atoms with van der Waals surface area (Å²) in [6.07, 6.45) is 4.87. The van der Waals surface area contributed by atoms with Gasteiger partial charge in [0.05, 0.1) is 23.2 Å². The van der Waals surface area contributed by atoms with Crippen molar-refractivity contribution in [1.82, 2.24) is 14.5 Å². The van der Waals surface area contributed by atoms with Gasteiger partial charge in [-0.3, -0.25) is 4.98 Å². The Hall–Kier alpha value is -1.14. The summed E-state index contributed by atoms with van der Waals surface area (Å²) in [5, 5.41) is 0. The quantitative estimate of drug-likeness (QED) is 0.805. The van der Waals surface area contributed by atoms with Crippen LogP contribution in [0.1, 0.15) is 12.2 Å². The van der Waals surface area contributed by atoms with Crippen LogP contribution in [-0.4, -0.2) is 40.3 Å². The van der Waals surface area contributed by atoms with E-state index >= 15 is 0 Å². The highest BCUT2D eigenvalue weighted by Crippen LogP contribution is 2.24. The van der Waals surface area contributed by atoms with Gasteiger partial charge in [0.1, 0.15) is 11.3 Å². The van der Waals surface area contributed by atoms with Crippen LogP contribution in [-0.2, 0) is 22.8 Å². The molecule has 1 saturated heterocycles. The van der Waals surface area contributed by atoms with Gasteiger partial charge in [-0.2, -0.15) is 0 Å². The van der Waals surface area contributed by atoms with Crippen molar-refractivity contribution in [3.05, 3.63) is 24.3 Å². The minimum atomic E-state index is -2.85. The van der Waals surface area contributed by atoms with E-state index in [4.69, 9.17) is 11.6 Å². The van der Waals surface area contributed by atoms with Crippen molar-refractivity contribution in [3.63, 3.8) is 0 Å². The molecule has 7 heteroatoms. The van der Waals surface area contributed by atoms with Crippen molar-refractivity contribution in [1.29, 1.82) is 0 Å². The van der Waals surface area contributed by atoms with E-state index in [2.05, 4.69) is 14.5 Å². The molecule has 3 rings (SSSR count). The molecule has 108 valence electrons. The first-order valence-electron chi connectivity index (χ1n) is 6.64. The summed E-state index contributed by atoms with van der Waals surface area (Å²) >= 11 is 5.83. The maximum Gasteiger partial charge on any atom is 0.150 e. The van der Waals surface area contributed by atoms with Gasteiger partial charge in [0.25, 0.3) is 0 Å². The summed E-state index contributed by atoms with van der Waals surface area (Å²) < 4.78 is 25.3. The Labute approximate surface area is 122 Å². The van der Waals surface area contributed by atoms with Crippen LogP contribution in [0, 0.1) is 5.92 Å². The average Bonchev–Trinajstić information content (AvgIpc) is 2.92. The summed E-state index contributed by atoms with van der Waals surface area (Å²) in [5.41, 5.74) is 1.85. The number of alkyl halides is 1. The lowest BCUT2D eigenvalue weighted by Crippen LogP contribution is -2.15. The van der Waals surface area contributed by atoms with E-state index in [1.165, 1.54) is 0 Å². The van der Waals surface area contributed by atoms with E-state index in [1.807, 2.05) is 6.07 Å². The Bertz CT molecular complexity index is 726. The maximum absolute atomic E-state index is 11.6. The van der Waals surface area contributed by atoms with Crippen LogP contribution in [0.4, 0.5) is 0 Å². The third-order valence-corrected chi connectivity index (χ3v) is 5.74. The number of halogens is 1. The smallest absolute Gasteiger partial charge is 0.150 e. The van der Waals surface area contributed by atoms with Gasteiger partial charge in [-0.25, -0.2) is 13.4 Å². The molecule has 1 aliphatic rings. The molecule has 0 aromatic carbocycles. The highest BCUT2D eigenvalue weighted by molar-refractivity contribution is 7.91. The second-order valence-electron chi connectivity index (χ2n) is 5.21. The number of pyridine rings is 1. The van der Waals surface area contributed by atoms with Crippen molar-refractivity contribution in [3.8, 4) is 0 Å². The average molecular weight is 314 g/mol. The van der Waals surface area contributed by atoms with E-state index in [9.17, 15) is 8.42 Å². The van der Waals surface area contributed by atoms with Crippen molar-refractivity contribution in [2.24, 2.45) is 5.92 Å². The molecule has 2 aromatic rings. The zero-order valence-electron chi connectivity index (χ0n) is 11.0. The zero-order valence-corrected chi connectivity index (χ0v) is 12.6. The number of aryl methyl sites for hydroxylation is 1. The fourth-order valence-electron chi connectivity index (χ4n) is 2.78. The van der Waals surface area contributed by atoms with Gasteiger partial charge in [-0.1, -0.05) is 0 Å². The molecule has 1 unspecified atom stereocenters. The van der Waals surface area contributed by atoms with Crippen LogP contribution in [0.3, 0.4) is 0 Å². The van der Waals surface area contributed by atoms with E-state index in [0.717, 1.165) is 23.3 Å². The molecule has 5 nitrogen and oxygen atoms in total. The largest absolute Gasteiger partial charge is 0.328 e. The fraction of sp³-hybridized carbons (Fsp3) is 0.538. The maximum atomic E-state index is 11.6. The molecule has 1 atom stereocenters. The van der Waals surface area contributed by atoms with Crippen LogP contribution in [0.2, 0.25) is 0 Å². The molecule has 20 heavy (non-hydrogen) atoms. The number of fused-ring (bicyclic) bond motifs is 1. The predicted octanol–water partition coefficient (Wildman–Crippen LogP) is 1.65. The van der Waals surface area contributed by atoms with Gasteiger partial charge < -0.3 is 4.57 Å². The SMILES string of the molecule is O=S1(=O)CCC(Cn2c(CCCl)nc3cnccc32)C1. The topological polar surface area (TPSA) is 64.8 Å². The highest BCUT2D eigenvalue weighted by Gasteiger charge is 2.29. The number of sulfone groups is 1. The Kier molecular flexibility index (Phi) is 3.69. The second kappa shape index (κ2) is 5.33. The van der Waals surface area contributed by atoms with Crippen molar-refractivity contribution in [2.75, 3.05) is 17.4 Å². The number of imidazole rings is 1. The number of hydrogen-bond acceptors (Lipinski definition) is 4. The first-order valence-corrected chi connectivity index (χ1v) is 9.00. The Morgan fingerprint density at radius 2 is 2.30 bits per heavy atom. The van der Waals surface area contributed by atoms with E-state index in [0.29, 0.717) is 24.6 Å². The number of aromatic nitrogens is 3. The molecule has 0 aliphatic carbocycles. The molecule has 0 radical (unpaired) electrons. The second-order valence-corrected chi connectivity index (χ2v) is 7.82. The first kappa shape index (κ1) is 13.8. The van der Waals surface area contributed by atoms with Gasteiger partial charge in [0.15, 0.2) is 9.84 Å². The third kappa shape index (κ3) is 2.67. The molecule has 0 N–H and O–H groups in total. The van der Waals surface area contributed by atoms with Gasteiger partial charge in [0.2, 0.25) is 0 Å². The summed E-state index contributed by atoms with van der Waals surface area (Å²) in [4.78, 5) is 8.63. The van der Waals surface area contributed by atoms with Gasteiger partial charge in [-0.15, -0.1) is 11.6 Å². The number of rotatable bonds is 4.